The monoisotopic (exact) mass is 236 g/mol. The number of rotatable bonds is 3. The molecule has 0 bridgehead atoms. The fourth-order valence-electron chi connectivity index (χ4n) is 1.97. The summed E-state index contributed by atoms with van der Waals surface area (Å²) in [6, 6.07) is 0. The minimum atomic E-state index is -0.270. The van der Waals surface area contributed by atoms with Crippen LogP contribution in [0.5, 0.6) is 0 Å². The largest absolute Gasteiger partial charge is 1.00 e. The second kappa shape index (κ2) is 10.4. The van der Waals surface area contributed by atoms with E-state index >= 15 is 0 Å². The molecular weight excluding hydrogens is 214 g/mol. The van der Waals surface area contributed by atoms with Gasteiger partial charge in [0, 0.05) is 0 Å². The summed E-state index contributed by atoms with van der Waals surface area (Å²) in [6.45, 7) is 2.19. The SMILES string of the molecule is CCCCC1(O)CCCCC1.[H-].[H-].[K+].[K+]. The van der Waals surface area contributed by atoms with Gasteiger partial charge in [-0.1, -0.05) is 39.0 Å². The third kappa shape index (κ3) is 8.02. The minimum absolute atomic E-state index is 0. The molecule has 1 N–H and O–H groups in total. The summed E-state index contributed by atoms with van der Waals surface area (Å²) >= 11 is 0. The molecular formula is C10H22K2O. The summed E-state index contributed by atoms with van der Waals surface area (Å²) in [5.41, 5.74) is -0.270. The van der Waals surface area contributed by atoms with Crippen molar-refractivity contribution in [3.05, 3.63) is 0 Å². The zero-order valence-electron chi connectivity index (χ0n) is 11.6. The molecule has 0 heterocycles. The van der Waals surface area contributed by atoms with Crippen LogP contribution in [0.1, 0.15) is 61.1 Å². The van der Waals surface area contributed by atoms with Crippen LogP contribution >= 0.6 is 0 Å². The molecule has 0 aliphatic heterocycles. The second-order valence-corrected chi connectivity index (χ2v) is 3.89. The predicted molar refractivity (Wildman–Crippen MR) is 49.8 cm³/mol. The van der Waals surface area contributed by atoms with Crippen LogP contribution in [0.3, 0.4) is 0 Å². The fourth-order valence-corrected chi connectivity index (χ4v) is 1.97. The maximum absolute atomic E-state index is 10.0. The molecule has 1 aliphatic rings. The van der Waals surface area contributed by atoms with Gasteiger partial charge < -0.3 is 7.96 Å². The number of aliphatic hydroxyl groups is 1. The topological polar surface area (TPSA) is 20.2 Å². The van der Waals surface area contributed by atoms with E-state index in [1.165, 1.54) is 32.1 Å². The average Bonchev–Trinajstić information content (AvgIpc) is 2.03. The summed E-state index contributed by atoms with van der Waals surface area (Å²) in [4.78, 5) is 0. The number of unbranched alkanes of at least 4 members (excludes halogenated alkanes) is 1. The van der Waals surface area contributed by atoms with E-state index in [2.05, 4.69) is 6.92 Å². The van der Waals surface area contributed by atoms with Crippen LogP contribution in [0.15, 0.2) is 0 Å². The summed E-state index contributed by atoms with van der Waals surface area (Å²) in [7, 11) is 0. The molecule has 13 heavy (non-hydrogen) atoms. The maximum atomic E-state index is 10.0. The third-order valence-electron chi connectivity index (χ3n) is 2.78. The van der Waals surface area contributed by atoms with Crippen molar-refractivity contribution < 1.29 is 111 Å². The first-order chi connectivity index (χ1) is 5.27. The van der Waals surface area contributed by atoms with E-state index in [-0.39, 0.29) is 111 Å². The van der Waals surface area contributed by atoms with Gasteiger partial charge in [0.25, 0.3) is 0 Å². The molecule has 1 aliphatic carbocycles. The normalized spacial score (nSPS) is 19.8. The molecule has 0 aromatic carbocycles. The molecule has 1 saturated carbocycles. The Morgan fingerprint density at radius 3 is 2.15 bits per heavy atom. The Kier molecular flexibility index (Phi) is 14.9. The van der Waals surface area contributed by atoms with Gasteiger partial charge in [-0.25, -0.2) is 0 Å². The second-order valence-electron chi connectivity index (χ2n) is 3.89. The van der Waals surface area contributed by atoms with Crippen LogP contribution in [-0.2, 0) is 0 Å². The van der Waals surface area contributed by atoms with Crippen LogP contribution < -0.4 is 103 Å². The number of hydrogen-bond acceptors (Lipinski definition) is 1. The van der Waals surface area contributed by atoms with Crippen LogP contribution in [0.4, 0.5) is 0 Å². The van der Waals surface area contributed by atoms with E-state index in [0.717, 1.165) is 19.3 Å². The van der Waals surface area contributed by atoms with Crippen LogP contribution in [-0.4, -0.2) is 10.7 Å². The number of hydrogen-bond donors (Lipinski definition) is 1. The van der Waals surface area contributed by atoms with Gasteiger partial charge in [0.2, 0.25) is 0 Å². The standard InChI is InChI=1S/C10H20O.2K.2H/c1-2-3-7-10(11)8-5-4-6-9-10;;;;/h11H,2-9H2,1H3;;;;/q;2*+1;2*-1. The van der Waals surface area contributed by atoms with Crippen LogP contribution in [0.2, 0.25) is 0 Å². The van der Waals surface area contributed by atoms with E-state index in [0.29, 0.717) is 0 Å². The quantitative estimate of drug-likeness (QED) is 0.522. The Hall–Kier alpha value is 3.23. The smallest absolute Gasteiger partial charge is 1.00 e. The van der Waals surface area contributed by atoms with Crippen molar-refractivity contribution in [3.8, 4) is 0 Å². The molecule has 3 heteroatoms. The van der Waals surface area contributed by atoms with Gasteiger partial charge in [-0.05, 0) is 19.3 Å². The van der Waals surface area contributed by atoms with Crippen molar-refractivity contribution in [2.45, 2.75) is 63.9 Å². The Morgan fingerprint density at radius 1 is 1.15 bits per heavy atom. The zero-order valence-corrected chi connectivity index (χ0v) is 15.9. The Bertz CT molecular complexity index is 120. The van der Waals surface area contributed by atoms with Crippen molar-refractivity contribution in [3.63, 3.8) is 0 Å². The Balaban J connectivity index is -0.000000151. The van der Waals surface area contributed by atoms with Crippen molar-refractivity contribution in [1.29, 1.82) is 0 Å². The minimum Gasteiger partial charge on any atom is -1.00 e. The van der Waals surface area contributed by atoms with Crippen LogP contribution in [0.25, 0.3) is 0 Å². The summed E-state index contributed by atoms with van der Waals surface area (Å²) in [5.74, 6) is 0. The molecule has 0 radical (unpaired) electrons. The van der Waals surface area contributed by atoms with Gasteiger partial charge in [0.1, 0.15) is 0 Å². The first-order valence-electron chi connectivity index (χ1n) is 4.99. The molecule has 1 rings (SSSR count). The van der Waals surface area contributed by atoms with Crippen molar-refractivity contribution in [2.75, 3.05) is 0 Å². The Morgan fingerprint density at radius 2 is 1.69 bits per heavy atom. The molecule has 0 spiro atoms. The average molecular weight is 236 g/mol. The van der Waals surface area contributed by atoms with Crippen molar-refractivity contribution in [1.82, 2.24) is 0 Å². The molecule has 1 nitrogen and oxygen atoms in total. The molecule has 1 fully saturated rings. The molecule has 0 atom stereocenters. The van der Waals surface area contributed by atoms with Gasteiger partial charge in [-0.15, -0.1) is 0 Å². The first kappa shape index (κ1) is 18.6. The molecule has 0 saturated heterocycles. The maximum Gasteiger partial charge on any atom is 1.00 e. The fraction of sp³-hybridized carbons (Fsp3) is 1.00. The molecule has 70 valence electrons. The van der Waals surface area contributed by atoms with Gasteiger partial charge in [0.05, 0.1) is 5.60 Å². The summed E-state index contributed by atoms with van der Waals surface area (Å²) in [5, 5.41) is 10.0. The van der Waals surface area contributed by atoms with Crippen molar-refractivity contribution in [2.24, 2.45) is 0 Å². The van der Waals surface area contributed by atoms with E-state index < -0.39 is 0 Å². The summed E-state index contributed by atoms with van der Waals surface area (Å²) < 4.78 is 0. The zero-order chi connectivity index (χ0) is 8.16. The van der Waals surface area contributed by atoms with Gasteiger partial charge in [0.15, 0.2) is 0 Å². The van der Waals surface area contributed by atoms with Crippen LogP contribution in [0, 0.1) is 0 Å². The molecule has 0 aromatic heterocycles. The van der Waals surface area contributed by atoms with Gasteiger partial charge in [-0.2, -0.15) is 0 Å². The third-order valence-corrected chi connectivity index (χ3v) is 2.78. The van der Waals surface area contributed by atoms with Gasteiger partial charge >= 0.3 is 103 Å². The van der Waals surface area contributed by atoms with E-state index in [1.807, 2.05) is 0 Å². The Labute approximate surface area is 171 Å². The molecule has 0 aromatic rings. The van der Waals surface area contributed by atoms with E-state index in [1.54, 1.807) is 0 Å². The van der Waals surface area contributed by atoms with E-state index in [4.69, 9.17) is 0 Å². The summed E-state index contributed by atoms with van der Waals surface area (Å²) in [6.07, 6.45) is 9.33. The first-order valence-corrected chi connectivity index (χ1v) is 4.99. The van der Waals surface area contributed by atoms with E-state index in [9.17, 15) is 5.11 Å². The van der Waals surface area contributed by atoms with Gasteiger partial charge in [-0.3, -0.25) is 0 Å². The molecule has 0 unspecified atom stereocenters. The van der Waals surface area contributed by atoms with Crippen molar-refractivity contribution >= 4 is 0 Å². The molecule has 0 amide bonds. The predicted octanol–water partition coefficient (Wildman–Crippen LogP) is -2.90.